The largest absolute Gasteiger partial charge is 0.385 e. The Bertz CT molecular complexity index is 339. The van der Waals surface area contributed by atoms with Crippen LogP contribution in [0.15, 0.2) is 6.33 Å². The Kier molecular flexibility index (Phi) is 1.68. The highest BCUT2D eigenvalue weighted by molar-refractivity contribution is 5.09. The standard InChI is InChI=1S/C10H15N3O/c1-13-5-11-12-10(13)9(14)8-6-3-2-4-7(6)8/h5-9,14H,2-4H2,1H3. The zero-order valence-electron chi connectivity index (χ0n) is 8.30. The molecule has 1 aromatic rings. The summed E-state index contributed by atoms with van der Waals surface area (Å²) in [7, 11) is 1.89. The van der Waals surface area contributed by atoms with Crippen LogP contribution in [0.2, 0.25) is 0 Å². The van der Waals surface area contributed by atoms with Crippen molar-refractivity contribution in [1.29, 1.82) is 0 Å². The lowest BCUT2D eigenvalue weighted by molar-refractivity contribution is 0.124. The van der Waals surface area contributed by atoms with Crippen molar-refractivity contribution < 1.29 is 5.11 Å². The molecule has 3 rings (SSSR count). The first-order valence-electron chi connectivity index (χ1n) is 5.31. The molecule has 0 saturated heterocycles. The summed E-state index contributed by atoms with van der Waals surface area (Å²) in [5.41, 5.74) is 0. The minimum Gasteiger partial charge on any atom is -0.385 e. The first kappa shape index (κ1) is 8.41. The average molecular weight is 193 g/mol. The Labute approximate surface area is 83.0 Å². The van der Waals surface area contributed by atoms with Crippen molar-refractivity contribution in [2.24, 2.45) is 24.8 Å². The van der Waals surface area contributed by atoms with Crippen molar-refractivity contribution in [1.82, 2.24) is 14.8 Å². The van der Waals surface area contributed by atoms with Crippen molar-refractivity contribution in [2.75, 3.05) is 0 Å². The third kappa shape index (κ3) is 1.03. The molecule has 14 heavy (non-hydrogen) atoms. The minimum absolute atomic E-state index is 0.391. The summed E-state index contributed by atoms with van der Waals surface area (Å²) >= 11 is 0. The van der Waals surface area contributed by atoms with Crippen molar-refractivity contribution >= 4 is 0 Å². The number of fused-ring (bicyclic) bond motifs is 1. The molecule has 0 radical (unpaired) electrons. The molecule has 1 heterocycles. The molecule has 2 fully saturated rings. The topological polar surface area (TPSA) is 50.9 Å². The molecule has 2 saturated carbocycles. The lowest BCUT2D eigenvalue weighted by Crippen LogP contribution is -2.10. The quantitative estimate of drug-likeness (QED) is 0.759. The van der Waals surface area contributed by atoms with Gasteiger partial charge in [-0.15, -0.1) is 10.2 Å². The van der Waals surface area contributed by atoms with Gasteiger partial charge in [-0.05, 0) is 30.6 Å². The number of aliphatic hydroxyl groups excluding tert-OH is 1. The van der Waals surface area contributed by atoms with E-state index in [0.29, 0.717) is 5.92 Å². The lowest BCUT2D eigenvalue weighted by atomic mass is 10.1. The van der Waals surface area contributed by atoms with Crippen LogP contribution in [0.1, 0.15) is 31.2 Å². The number of aryl methyl sites for hydroxylation is 1. The highest BCUT2D eigenvalue weighted by Crippen LogP contribution is 2.61. The number of aromatic nitrogens is 3. The van der Waals surface area contributed by atoms with E-state index in [2.05, 4.69) is 10.2 Å². The number of nitrogens with zero attached hydrogens (tertiary/aromatic N) is 3. The molecule has 1 aromatic heterocycles. The van der Waals surface area contributed by atoms with Crippen molar-refractivity contribution in [3.8, 4) is 0 Å². The van der Waals surface area contributed by atoms with Gasteiger partial charge in [0.25, 0.3) is 0 Å². The van der Waals surface area contributed by atoms with E-state index in [0.717, 1.165) is 17.7 Å². The molecule has 0 spiro atoms. The van der Waals surface area contributed by atoms with Gasteiger partial charge in [-0.1, -0.05) is 6.42 Å². The lowest BCUT2D eigenvalue weighted by Gasteiger charge is -2.10. The Morgan fingerprint density at radius 2 is 2.21 bits per heavy atom. The van der Waals surface area contributed by atoms with E-state index in [4.69, 9.17) is 0 Å². The SMILES string of the molecule is Cn1cnnc1C(O)C1C2CCCC21. The molecule has 76 valence electrons. The molecule has 0 aliphatic heterocycles. The Morgan fingerprint density at radius 1 is 1.50 bits per heavy atom. The second kappa shape index (κ2) is 2.79. The van der Waals surface area contributed by atoms with E-state index in [1.165, 1.54) is 19.3 Å². The second-order valence-corrected chi connectivity index (χ2v) is 4.58. The molecule has 4 heteroatoms. The fourth-order valence-corrected chi connectivity index (χ4v) is 3.08. The highest BCUT2D eigenvalue weighted by Gasteiger charge is 2.56. The van der Waals surface area contributed by atoms with E-state index in [9.17, 15) is 5.11 Å². The van der Waals surface area contributed by atoms with Crippen LogP contribution in [0.4, 0.5) is 0 Å². The fourth-order valence-electron chi connectivity index (χ4n) is 3.08. The Balaban J connectivity index is 1.78. The number of hydrogen-bond acceptors (Lipinski definition) is 3. The predicted molar refractivity (Wildman–Crippen MR) is 50.3 cm³/mol. The first-order chi connectivity index (χ1) is 6.79. The maximum Gasteiger partial charge on any atom is 0.161 e. The summed E-state index contributed by atoms with van der Waals surface area (Å²) in [6.45, 7) is 0. The predicted octanol–water partition coefficient (Wildman–Crippen LogP) is 0.895. The molecule has 2 aliphatic rings. The first-order valence-corrected chi connectivity index (χ1v) is 5.31. The molecule has 0 aromatic carbocycles. The van der Waals surface area contributed by atoms with Gasteiger partial charge in [-0.25, -0.2) is 0 Å². The van der Waals surface area contributed by atoms with Gasteiger partial charge < -0.3 is 9.67 Å². The van der Waals surface area contributed by atoms with Crippen molar-refractivity contribution in [3.05, 3.63) is 12.2 Å². The van der Waals surface area contributed by atoms with E-state index >= 15 is 0 Å². The van der Waals surface area contributed by atoms with Gasteiger partial charge in [0.2, 0.25) is 0 Å². The maximum atomic E-state index is 10.1. The van der Waals surface area contributed by atoms with Crippen LogP contribution < -0.4 is 0 Å². The van der Waals surface area contributed by atoms with Crippen LogP contribution in [0.5, 0.6) is 0 Å². The molecular weight excluding hydrogens is 178 g/mol. The third-order valence-corrected chi connectivity index (χ3v) is 3.85. The van der Waals surface area contributed by atoms with E-state index in [1.807, 2.05) is 11.6 Å². The summed E-state index contributed by atoms with van der Waals surface area (Å²) < 4.78 is 1.82. The normalized spacial score (nSPS) is 36.9. The summed E-state index contributed by atoms with van der Waals surface area (Å²) in [6, 6.07) is 0. The van der Waals surface area contributed by atoms with Crippen LogP contribution in [0, 0.1) is 17.8 Å². The highest BCUT2D eigenvalue weighted by atomic mass is 16.3. The van der Waals surface area contributed by atoms with E-state index in [-0.39, 0.29) is 0 Å². The smallest absolute Gasteiger partial charge is 0.161 e. The molecule has 4 nitrogen and oxygen atoms in total. The van der Waals surface area contributed by atoms with Crippen LogP contribution in [-0.2, 0) is 7.05 Å². The molecule has 0 bridgehead atoms. The maximum absolute atomic E-state index is 10.1. The second-order valence-electron chi connectivity index (χ2n) is 4.58. The monoisotopic (exact) mass is 193 g/mol. The van der Waals surface area contributed by atoms with Gasteiger partial charge >= 0.3 is 0 Å². The van der Waals surface area contributed by atoms with Crippen LogP contribution >= 0.6 is 0 Å². The molecule has 1 N–H and O–H groups in total. The van der Waals surface area contributed by atoms with E-state index < -0.39 is 6.10 Å². The summed E-state index contributed by atoms with van der Waals surface area (Å²) in [5.74, 6) is 2.72. The summed E-state index contributed by atoms with van der Waals surface area (Å²) in [4.78, 5) is 0. The van der Waals surface area contributed by atoms with Gasteiger partial charge in [-0.2, -0.15) is 0 Å². The van der Waals surface area contributed by atoms with Gasteiger partial charge in [0.15, 0.2) is 5.82 Å². The van der Waals surface area contributed by atoms with Gasteiger partial charge in [0, 0.05) is 7.05 Å². The molecule has 3 unspecified atom stereocenters. The van der Waals surface area contributed by atoms with Crippen molar-refractivity contribution in [2.45, 2.75) is 25.4 Å². The average Bonchev–Trinajstić information content (AvgIpc) is 2.57. The zero-order valence-corrected chi connectivity index (χ0v) is 8.30. The summed E-state index contributed by atoms with van der Waals surface area (Å²) in [5, 5.41) is 17.9. The Morgan fingerprint density at radius 3 is 2.79 bits per heavy atom. The van der Waals surface area contributed by atoms with E-state index in [1.54, 1.807) is 6.33 Å². The zero-order chi connectivity index (χ0) is 9.71. The number of hydrogen-bond donors (Lipinski definition) is 1. The molecule has 2 aliphatic carbocycles. The summed E-state index contributed by atoms with van der Waals surface area (Å²) in [6.07, 6.45) is 5.19. The molecular formula is C10H15N3O. The van der Waals surface area contributed by atoms with Gasteiger partial charge in [0.05, 0.1) is 0 Å². The number of aliphatic hydroxyl groups is 1. The van der Waals surface area contributed by atoms with Crippen LogP contribution in [0.3, 0.4) is 0 Å². The fraction of sp³-hybridized carbons (Fsp3) is 0.800. The number of rotatable bonds is 2. The minimum atomic E-state index is -0.391. The molecule has 3 atom stereocenters. The van der Waals surface area contributed by atoms with Gasteiger partial charge in [-0.3, -0.25) is 0 Å². The van der Waals surface area contributed by atoms with Gasteiger partial charge in [0.1, 0.15) is 12.4 Å². The van der Waals surface area contributed by atoms with Crippen LogP contribution in [0.25, 0.3) is 0 Å². The Hall–Kier alpha value is -0.900. The molecule has 0 amide bonds. The van der Waals surface area contributed by atoms with Crippen LogP contribution in [-0.4, -0.2) is 19.9 Å². The van der Waals surface area contributed by atoms with Crippen molar-refractivity contribution in [3.63, 3.8) is 0 Å². The third-order valence-electron chi connectivity index (χ3n) is 3.85.